The maximum atomic E-state index is 12.9. The third-order valence-corrected chi connectivity index (χ3v) is 5.22. The number of nitrogens with zero attached hydrogens (tertiary/aromatic N) is 3. The topological polar surface area (TPSA) is 51.3 Å². The summed E-state index contributed by atoms with van der Waals surface area (Å²) in [5.74, 6) is 0.189. The van der Waals surface area contributed by atoms with Gasteiger partial charge in [0.05, 0.1) is 12.7 Å². The van der Waals surface area contributed by atoms with E-state index in [0.717, 1.165) is 42.3 Å². The number of amides is 1. The van der Waals surface area contributed by atoms with Crippen LogP contribution in [0.25, 0.3) is 11.0 Å². The quantitative estimate of drug-likeness (QED) is 0.734. The van der Waals surface area contributed by atoms with Crippen molar-refractivity contribution in [1.82, 2.24) is 14.7 Å². The van der Waals surface area contributed by atoms with Gasteiger partial charge in [-0.05, 0) is 38.0 Å². The first-order chi connectivity index (χ1) is 12.1. The lowest BCUT2D eigenvalue weighted by Crippen LogP contribution is -2.38. The first-order valence-corrected chi connectivity index (χ1v) is 8.85. The molecule has 1 aliphatic rings. The second-order valence-electron chi connectivity index (χ2n) is 6.97. The van der Waals surface area contributed by atoms with Gasteiger partial charge in [-0.1, -0.05) is 11.6 Å². The Balaban J connectivity index is 1.51. The molecule has 0 N–H and O–H groups in total. The average molecular weight is 337 g/mol. The van der Waals surface area contributed by atoms with E-state index in [2.05, 4.69) is 18.1 Å². The fraction of sp³-hybridized carbons (Fsp3) is 0.400. The second-order valence-corrected chi connectivity index (χ2v) is 6.97. The number of likely N-dealkylation sites (tertiary alicyclic amines) is 1. The van der Waals surface area contributed by atoms with Gasteiger partial charge in [0.15, 0.2) is 0 Å². The highest BCUT2D eigenvalue weighted by Gasteiger charge is 2.29. The van der Waals surface area contributed by atoms with Crippen LogP contribution in [0.5, 0.6) is 0 Å². The van der Waals surface area contributed by atoms with Gasteiger partial charge < -0.3 is 9.32 Å². The number of carbonyl (C=O) groups is 1. The Labute approximate surface area is 147 Å². The van der Waals surface area contributed by atoms with E-state index in [1.807, 2.05) is 41.0 Å². The number of aryl methyl sites for hydroxylation is 2. The van der Waals surface area contributed by atoms with Crippen LogP contribution in [-0.2, 0) is 24.7 Å². The molecule has 1 atom stereocenters. The number of benzene rings is 1. The van der Waals surface area contributed by atoms with Crippen LogP contribution >= 0.6 is 0 Å². The van der Waals surface area contributed by atoms with E-state index in [0.29, 0.717) is 6.42 Å². The van der Waals surface area contributed by atoms with E-state index in [1.54, 1.807) is 6.26 Å². The van der Waals surface area contributed by atoms with Crippen LogP contribution in [0.4, 0.5) is 0 Å². The van der Waals surface area contributed by atoms with Gasteiger partial charge >= 0.3 is 0 Å². The smallest absolute Gasteiger partial charge is 0.227 e. The van der Waals surface area contributed by atoms with Gasteiger partial charge in [0, 0.05) is 48.9 Å². The minimum absolute atomic E-state index is 0.189. The predicted molar refractivity (Wildman–Crippen MR) is 96.3 cm³/mol. The van der Waals surface area contributed by atoms with Gasteiger partial charge in [-0.3, -0.25) is 9.48 Å². The molecule has 1 fully saturated rings. The number of hydrogen-bond acceptors (Lipinski definition) is 3. The first kappa shape index (κ1) is 15.9. The molecule has 25 heavy (non-hydrogen) atoms. The molecule has 130 valence electrons. The molecule has 0 radical (unpaired) electrons. The molecule has 5 nitrogen and oxygen atoms in total. The van der Waals surface area contributed by atoms with Crippen LogP contribution in [0.1, 0.15) is 29.7 Å². The summed E-state index contributed by atoms with van der Waals surface area (Å²) in [7, 11) is 1.95. The van der Waals surface area contributed by atoms with E-state index >= 15 is 0 Å². The molecule has 0 aliphatic carbocycles. The van der Waals surface area contributed by atoms with E-state index in [4.69, 9.17) is 4.42 Å². The molecule has 0 unspecified atom stereocenters. The Morgan fingerprint density at radius 2 is 2.24 bits per heavy atom. The number of fused-ring (bicyclic) bond motifs is 1. The summed E-state index contributed by atoms with van der Waals surface area (Å²) < 4.78 is 7.51. The van der Waals surface area contributed by atoms with Gasteiger partial charge in [0.2, 0.25) is 5.91 Å². The first-order valence-electron chi connectivity index (χ1n) is 8.85. The Kier molecular flexibility index (Phi) is 4.07. The standard InChI is InChI=1S/C20H23N3O2/c1-14-5-6-19-18(10-14)15(13-25-19)11-20(24)23-9-3-4-17(23)12-16-7-8-21-22(16)2/h5-8,10,13,17H,3-4,9,11-12H2,1-2H3/t17-/m0/s1. The fourth-order valence-electron chi connectivity index (χ4n) is 3.82. The van der Waals surface area contributed by atoms with Gasteiger partial charge in [0.1, 0.15) is 5.58 Å². The molecule has 0 spiro atoms. The van der Waals surface area contributed by atoms with Crippen molar-refractivity contribution in [3.63, 3.8) is 0 Å². The SMILES string of the molecule is Cc1ccc2occ(CC(=O)N3CCC[C@H]3Cc3ccnn3C)c2c1. The predicted octanol–water partition coefficient (Wildman–Crippen LogP) is 3.25. The van der Waals surface area contributed by atoms with Crippen molar-refractivity contribution in [2.24, 2.45) is 7.05 Å². The van der Waals surface area contributed by atoms with Crippen molar-refractivity contribution in [2.75, 3.05) is 6.54 Å². The fourth-order valence-corrected chi connectivity index (χ4v) is 3.82. The highest BCUT2D eigenvalue weighted by molar-refractivity contribution is 5.88. The summed E-state index contributed by atoms with van der Waals surface area (Å²) in [6.45, 7) is 2.90. The van der Waals surface area contributed by atoms with Crippen LogP contribution < -0.4 is 0 Å². The zero-order valence-corrected chi connectivity index (χ0v) is 14.7. The number of carbonyl (C=O) groups excluding carboxylic acids is 1. The molecule has 3 aromatic rings. The molecule has 1 saturated heterocycles. The van der Waals surface area contributed by atoms with E-state index in [1.165, 1.54) is 11.3 Å². The average Bonchev–Trinajstić information content (AvgIpc) is 3.30. The van der Waals surface area contributed by atoms with Gasteiger partial charge in [-0.2, -0.15) is 5.10 Å². The number of hydrogen-bond donors (Lipinski definition) is 0. The van der Waals surface area contributed by atoms with Crippen LogP contribution in [0.3, 0.4) is 0 Å². The molecule has 2 aromatic heterocycles. The van der Waals surface area contributed by atoms with Crippen molar-refractivity contribution < 1.29 is 9.21 Å². The maximum Gasteiger partial charge on any atom is 0.227 e. The zero-order valence-electron chi connectivity index (χ0n) is 14.7. The summed E-state index contributed by atoms with van der Waals surface area (Å²) in [5.41, 5.74) is 4.18. The van der Waals surface area contributed by atoms with E-state index < -0.39 is 0 Å². The highest BCUT2D eigenvalue weighted by Crippen LogP contribution is 2.26. The van der Waals surface area contributed by atoms with Crippen LogP contribution in [0, 0.1) is 6.92 Å². The van der Waals surface area contributed by atoms with Crippen LogP contribution in [0.2, 0.25) is 0 Å². The summed E-state index contributed by atoms with van der Waals surface area (Å²) in [4.78, 5) is 15.0. The lowest BCUT2D eigenvalue weighted by molar-refractivity contribution is -0.131. The molecule has 1 amide bonds. The van der Waals surface area contributed by atoms with Crippen LogP contribution in [-0.4, -0.2) is 33.2 Å². The van der Waals surface area contributed by atoms with Gasteiger partial charge in [-0.25, -0.2) is 0 Å². The summed E-state index contributed by atoms with van der Waals surface area (Å²) in [6, 6.07) is 8.40. The summed E-state index contributed by atoms with van der Waals surface area (Å²) in [6.07, 6.45) is 6.94. The normalized spacial score (nSPS) is 17.5. The molecule has 4 rings (SSSR count). The molecule has 1 aromatic carbocycles. The Bertz CT molecular complexity index is 909. The van der Waals surface area contributed by atoms with Crippen molar-refractivity contribution in [3.8, 4) is 0 Å². The van der Waals surface area contributed by atoms with Crippen molar-refractivity contribution in [3.05, 3.63) is 53.5 Å². The van der Waals surface area contributed by atoms with Crippen molar-refractivity contribution >= 4 is 16.9 Å². The lowest BCUT2D eigenvalue weighted by atomic mass is 10.1. The minimum atomic E-state index is 0.189. The van der Waals surface area contributed by atoms with Gasteiger partial charge in [0.25, 0.3) is 0 Å². The molecule has 0 saturated carbocycles. The van der Waals surface area contributed by atoms with Crippen molar-refractivity contribution in [2.45, 2.75) is 38.6 Å². The summed E-state index contributed by atoms with van der Waals surface area (Å²) in [5, 5.41) is 5.28. The van der Waals surface area contributed by atoms with Gasteiger partial charge in [-0.15, -0.1) is 0 Å². The van der Waals surface area contributed by atoms with Crippen molar-refractivity contribution in [1.29, 1.82) is 0 Å². The highest BCUT2D eigenvalue weighted by atomic mass is 16.3. The number of aromatic nitrogens is 2. The maximum absolute atomic E-state index is 12.9. The van der Waals surface area contributed by atoms with E-state index in [9.17, 15) is 4.79 Å². The second kappa shape index (κ2) is 6.39. The zero-order chi connectivity index (χ0) is 17.4. The Hall–Kier alpha value is -2.56. The monoisotopic (exact) mass is 337 g/mol. The molecular formula is C20H23N3O2. The Morgan fingerprint density at radius 3 is 3.04 bits per heavy atom. The summed E-state index contributed by atoms with van der Waals surface area (Å²) >= 11 is 0. The molecular weight excluding hydrogens is 314 g/mol. The molecule has 5 heteroatoms. The molecule has 0 bridgehead atoms. The largest absolute Gasteiger partial charge is 0.464 e. The number of rotatable bonds is 4. The molecule has 3 heterocycles. The minimum Gasteiger partial charge on any atom is -0.464 e. The third kappa shape index (κ3) is 3.06. The van der Waals surface area contributed by atoms with Crippen LogP contribution in [0.15, 0.2) is 41.1 Å². The number of furan rings is 1. The van der Waals surface area contributed by atoms with E-state index in [-0.39, 0.29) is 11.9 Å². The third-order valence-electron chi connectivity index (χ3n) is 5.22. The lowest BCUT2D eigenvalue weighted by Gasteiger charge is -2.24. The Morgan fingerprint density at radius 1 is 1.36 bits per heavy atom. The molecule has 1 aliphatic heterocycles.